The third-order valence-electron chi connectivity index (χ3n) is 7.54. The number of hydrogen-bond donors (Lipinski definition) is 1. The lowest BCUT2D eigenvalue weighted by Crippen LogP contribution is -2.38. The maximum Gasteiger partial charge on any atom is 0.266 e. The lowest BCUT2D eigenvalue weighted by atomic mass is 9.86. The first-order chi connectivity index (χ1) is 20.4. The molecule has 0 atom stereocenters. The summed E-state index contributed by atoms with van der Waals surface area (Å²) in [4.78, 5) is 30.8. The number of hydrogen-bond acceptors (Lipinski definition) is 8. The highest BCUT2D eigenvalue weighted by atomic mass is 32.2. The molecule has 0 saturated carbocycles. The van der Waals surface area contributed by atoms with Gasteiger partial charge in [0.05, 0.1) is 43.5 Å². The van der Waals surface area contributed by atoms with Crippen LogP contribution in [0.4, 0.5) is 11.4 Å². The van der Waals surface area contributed by atoms with Gasteiger partial charge in [-0.3, -0.25) is 19.2 Å². The second-order valence-electron chi connectivity index (χ2n) is 11.7. The van der Waals surface area contributed by atoms with Crippen molar-refractivity contribution in [1.29, 1.82) is 0 Å². The third-order valence-corrected chi connectivity index (χ3v) is 8.13. The summed E-state index contributed by atoms with van der Waals surface area (Å²) >= 11 is 0. The van der Waals surface area contributed by atoms with Crippen molar-refractivity contribution in [1.82, 2.24) is 4.90 Å². The quantitative estimate of drug-likeness (QED) is 0.361. The van der Waals surface area contributed by atoms with E-state index in [0.717, 1.165) is 54.8 Å². The molecule has 228 valence electrons. The van der Waals surface area contributed by atoms with E-state index in [1.54, 1.807) is 18.2 Å². The van der Waals surface area contributed by atoms with Gasteiger partial charge in [0.1, 0.15) is 12.4 Å². The number of sulfonamides is 1. The van der Waals surface area contributed by atoms with E-state index < -0.39 is 27.3 Å². The minimum Gasteiger partial charge on any atom is -0.492 e. The number of benzene rings is 3. The van der Waals surface area contributed by atoms with E-state index >= 15 is 0 Å². The monoisotopic (exact) mass is 607 g/mol. The van der Waals surface area contributed by atoms with E-state index in [9.17, 15) is 18.0 Å². The van der Waals surface area contributed by atoms with Gasteiger partial charge in [0.2, 0.25) is 10.0 Å². The first kappa shape index (κ1) is 30.5. The number of methoxy groups -OCH3 is 1. The van der Waals surface area contributed by atoms with E-state index in [2.05, 4.69) is 9.62 Å². The van der Waals surface area contributed by atoms with E-state index in [-0.39, 0.29) is 22.7 Å². The Labute approximate surface area is 252 Å². The number of fused-ring (bicyclic) bond motifs is 1. The number of rotatable bonds is 9. The van der Waals surface area contributed by atoms with Crippen molar-refractivity contribution < 1.29 is 32.2 Å². The van der Waals surface area contributed by atoms with Crippen LogP contribution in [0.1, 0.15) is 31.9 Å². The van der Waals surface area contributed by atoms with Gasteiger partial charge >= 0.3 is 0 Å². The number of amides is 2. The third kappa shape index (κ3) is 6.53. The minimum atomic E-state index is -3.69. The molecule has 0 aliphatic carbocycles. The van der Waals surface area contributed by atoms with Crippen molar-refractivity contribution in [2.45, 2.75) is 26.2 Å². The van der Waals surface area contributed by atoms with Crippen molar-refractivity contribution >= 4 is 49.6 Å². The molecule has 1 saturated heterocycles. The van der Waals surface area contributed by atoms with Gasteiger partial charge in [-0.15, -0.1) is 0 Å². The number of nitrogens with zero attached hydrogens (tertiary/aromatic N) is 2. The van der Waals surface area contributed by atoms with Crippen molar-refractivity contribution in [3.8, 4) is 11.5 Å². The zero-order valence-electron chi connectivity index (χ0n) is 25.1. The summed E-state index contributed by atoms with van der Waals surface area (Å²) in [6, 6.07) is 14.6. The highest BCUT2D eigenvalue weighted by Crippen LogP contribution is 2.44. The highest BCUT2D eigenvalue weighted by Gasteiger charge is 2.37. The van der Waals surface area contributed by atoms with E-state index in [1.807, 2.05) is 51.1 Å². The summed E-state index contributed by atoms with van der Waals surface area (Å²) in [6.07, 6.45) is 2.35. The van der Waals surface area contributed by atoms with Gasteiger partial charge in [-0.25, -0.2) is 13.3 Å². The Bertz CT molecular complexity index is 1700. The standard InChI is InChI=1S/C32H37N3O7S/c1-32(2,3)21-18-26(33-43(5,38)39)30(40-4)27(19-21)35-29(36)20-25(31(35)37)23-10-11-28(24-9-7-6-8-22(23)24)42-17-14-34-12-15-41-16-13-34/h6-11,18-20,33H,12-17H2,1-5H3. The molecule has 11 heteroatoms. The second kappa shape index (κ2) is 12.0. The Hall–Kier alpha value is -3.93. The van der Waals surface area contributed by atoms with Gasteiger partial charge in [0, 0.05) is 31.1 Å². The smallest absolute Gasteiger partial charge is 0.266 e. The Morgan fingerprint density at radius 2 is 1.70 bits per heavy atom. The van der Waals surface area contributed by atoms with Crippen LogP contribution in [0.3, 0.4) is 0 Å². The SMILES string of the molecule is COc1c(NS(C)(=O)=O)cc(C(C)(C)C)cc1N1C(=O)C=C(c2ccc(OCCN3CCOCC3)c3ccccc23)C1=O. The largest absolute Gasteiger partial charge is 0.492 e. The Morgan fingerprint density at radius 1 is 1.00 bits per heavy atom. The number of anilines is 2. The lowest BCUT2D eigenvalue weighted by molar-refractivity contribution is -0.119. The molecular weight excluding hydrogens is 570 g/mol. The van der Waals surface area contributed by atoms with Gasteiger partial charge in [0.15, 0.2) is 5.75 Å². The summed E-state index contributed by atoms with van der Waals surface area (Å²) in [7, 11) is -2.32. The second-order valence-corrected chi connectivity index (χ2v) is 13.4. The van der Waals surface area contributed by atoms with Gasteiger partial charge in [0.25, 0.3) is 11.8 Å². The van der Waals surface area contributed by atoms with Crippen molar-refractivity contribution in [3.05, 3.63) is 65.7 Å². The molecule has 1 fully saturated rings. The van der Waals surface area contributed by atoms with Gasteiger partial charge in [-0.1, -0.05) is 45.0 Å². The predicted octanol–water partition coefficient (Wildman–Crippen LogP) is 4.19. The fourth-order valence-corrected chi connectivity index (χ4v) is 5.89. The average Bonchev–Trinajstić information content (AvgIpc) is 3.24. The van der Waals surface area contributed by atoms with Crippen molar-refractivity contribution in [3.63, 3.8) is 0 Å². The van der Waals surface area contributed by atoms with Gasteiger partial charge in [-0.2, -0.15) is 0 Å². The summed E-state index contributed by atoms with van der Waals surface area (Å²) in [6.45, 7) is 10.3. The molecule has 2 heterocycles. The molecule has 2 aliphatic rings. The van der Waals surface area contributed by atoms with Crippen LogP contribution in [0.15, 0.2) is 54.6 Å². The maximum absolute atomic E-state index is 14.0. The molecule has 43 heavy (non-hydrogen) atoms. The van der Waals surface area contributed by atoms with E-state index in [4.69, 9.17) is 14.2 Å². The number of imide groups is 1. The summed E-state index contributed by atoms with van der Waals surface area (Å²) in [5.41, 5.74) is 1.41. The number of nitrogens with one attached hydrogen (secondary N) is 1. The van der Waals surface area contributed by atoms with Crippen LogP contribution in [-0.4, -0.2) is 78.0 Å². The number of carbonyl (C=O) groups is 2. The molecule has 2 amide bonds. The first-order valence-corrected chi connectivity index (χ1v) is 16.0. The minimum absolute atomic E-state index is 0.0728. The Balaban J connectivity index is 1.50. The topological polar surface area (TPSA) is 114 Å². The highest BCUT2D eigenvalue weighted by molar-refractivity contribution is 7.92. The fraction of sp³-hybridized carbons (Fsp3) is 0.375. The molecule has 0 aromatic heterocycles. The molecule has 0 radical (unpaired) electrons. The fourth-order valence-electron chi connectivity index (χ4n) is 5.34. The number of ether oxygens (including phenoxy) is 3. The molecule has 0 bridgehead atoms. The van der Waals surface area contributed by atoms with E-state index in [0.29, 0.717) is 23.5 Å². The Morgan fingerprint density at radius 3 is 2.35 bits per heavy atom. The molecule has 2 aliphatic heterocycles. The summed E-state index contributed by atoms with van der Waals surface area (Å²) < 4.78 is 44.0. The van der Waals surface area contributed by atoms with Crippen LogP contribution >= 0.6 is 0 Å². The van der Waals surface area contributed by atoms with Crippen molar-refractivity contribution in [2.75, 3.05) is 62.4 Å². The molecule has 3 aromatic carbocycles. The maximum atomic E-state index is 14.0. The summed E-state index contributed by atoms with van der Waals surface area (Å²) in [5, 5.41) is 1.60. The zero-order chi connectivity index (χ0) is 30.9. The van der Waals surface area contributed by atoms with Crippen LogP contribution in [0.5, 0.6) is 11.5 Å². The zero-order valence-corrected chi connectivity index (χ0v) is 25.9. The Kier molecular flexibility index (Phi) is 8.51. The molecule has 1 N–H and O–H groups in total. The molecule has 3 aromatic rings. The first-order valence-electron chi connectivity index (χ1n) is 14.1. The van der Waals surface area contributed by atoms with Crippen LogP contribution in [0, 0.1) is 0 Å². The number of morpholine rings is 1. The van der Waals surface area contributed by atoms with Crippen LogP contribution in [0.25, 0.3) is 16.3 Å². The number of carbonyl (C=O) groups excluding carboxylic acids is 2. The van der Waals surface area contributed by atoms with Gasteiger partial charge in [-0.05, 0) is 46.2 Å². The van der Waals surface area contributed by atoms with Crippen molar-refractivity contribution in [2.24, 2.45) is 0 Å². The molecule has 10 nitrogen and oxygen atoms in total. The predicted molar refractivity (Wildman–Crippen MR) is 167 cm³/mol. The van der Waals surface area contributed by atoms with Crippen LogP contribution in [0.2, 0.25) is 0 Å². The molecule has 5 rings (SSSR count). The van der Waals surface area contributed by atoms with Crippen LogP contribution < -0.4 is 19.1 Å². The normalized spacial score (nSPS) is 16.5. The van der Waals surface area contributed by atoms with Crippen LogP contribution in [-0.2, 0) is 29.8 Å². The van der Waals surface area contributed by atoms with Gasteiger partial charge < -0.3 is 14.2 Å². The lowest BCUT2D eigenvalue weighted by Gasteiger charge is -2.26. The molecule has 0 spiro atoms. The molecule has 0 unspecified atom stereocenters. The summed E-state index contributed by atoms with van der Waals surface area (Å²) in [5.74, 6) is -0.322. The average molecular weight is 608 g/mol. The van der Waals surface area contributed by atoms with E-state index in [1.165, 1.54) is 13.2 Å². The molecular formula is C32H37N3O7S.